The van der Waals surface area contributed by atoms with Gasteiger partial charge in [-0.25, -0.2) is 9.07 Å². The molecule has 1 aromatic heterocycles. The fourth-order valence-corrected chi connectivity index (χ4v) is 3.96. The fourth-order valence-electron chi connectivity index (χ4n) is 3.96. The Kier molecular flexibility index (Phi) is 4.32. The summed E-state index contributed by atoms with van der Waals surface area (Å²) in [5, 5.41) is 17.8. The zero-order valence-electron chi connectivity index (χ0n) is 15.9. The third-order valence-corrected chi connectivity index (χ3v) is 5.31. The summed E-state index contributed by atoms with van der Waals surface area (Å²) in [5.41, 5.74) is 4.00. The van der Waals surface area contributed by atoms with E-state index in [0.717, 1.165) is 22.4 Å². The van der Waals surface area contributed by atoms with Crippen LogP contribution >= 0.6 is 0 Å². The summed E-state index contributed by atoms with van der Waals surface area (Å²) >= 11 is 0. The number of benzene rings is 3. The Morgan fingerprint density at radius 1 is 1.00 bits per heavy atom. The molecule has 0 radical (unpaired) electrons. The molecule has 1 aliphatic heterocycles. The van der Waals surface area contributed by atoms with Crippen LogP contribution < -0.4 is 5.32 Å². The van der Waals surface area contributed by atoms with Crippen molar-refractivity contribution in [2.24, 2.45) is 0 Å². The zero-order valence-corrected chi connectivity index (χ0v) is 15.9. The molecule has 148 valence electrons. The molecule has 5 nitrogen and oxygen atoms in total. The number of fused-ring (bicyclic) bond motifs is 1. The molecular formula is C24H18FN3O2. The first-order valence-corrected chi connectivity index (χ1v) is 9.63. The summed E-state index contributed by atoms with van der Waals surface area (Å²) in [6.45, 7) is 0. The molecular weight excluding hydrogens is 381 g/mol. The van der Waals surface area contributed by atoms with E-state index >= 15 is 0 Å². The van der Waals surface area contributed by atoms with Crippen molar-refractivity contribution in [3.05, 3.63) is 95.8 Å². The molecule has 0 saturated heterocycles. The third kappa shape index (κ3) is 3.12. The third-order valence-electron chi connectivity index (χ3n) is 5.31. The number of carbonyl (C=O) groups excluding carboxylic acids is 1. The van der Waals surface area contributed by atoms with Gasteiger partial charge in [0.25, 0.3) is 0 Å². The van der Waals surface area contributed by atoms with Crippen LogP contribution in [0.25, 0.3) is 16.9 Å². The Hall–Kier alpha value is -3.93. The molecule has 0 fully saturated rings. The van der Waals surface area contributed by atoms with Gasteiger partial charge in [0.05, 0.1) is 11.4 Å². The Bertz CT molecular complexity index is 1230. The van der Waals surface area contributed by atoms with E-state index < -0.39 is 0 Å². The molecule has 30 heavy (non-hydrogen) atoms. The summed E-state index contributed by atoms with van der Waals surface area (Å²) < 4.78 is 15.1. The van der Waals surface area contributed by atoms with E-state index in [0.29, 0.717) is 11.5 Å². The van der Waals surface area contributed by atoms with E-state index in [4.69, 9.17) is 5.10 Å². The molecule has 1 aliphatic rings. The molecule has 3 aromatic carbocycles. The number of aromatic nitrogens is 2. The van der Waals surface area contributed by atoms with Crippen LogP contribution in [-0.2, 0) is 4.79 Å². The maximum Gasteiger partial charge on any atom is 0.226 e. The minimum atomic E-state index is -0.343. The van der Waals surface area contributed by atoms with Gasteiger partial charge in [-0.3, -0.25) is 4.79 Å². The first-order chi connectivity index (χ1) is 14.6. The van der Waals surface area contributed by atoms with Gasteiger partial charge in [0.15, 0.2) is 0 Å². The van der Waals surface area contributed by atoms with Gasteiger partial charge in [-0.05, 0) is 42.0 Å². The average Bonchev–Trinajstić information content (AvgIpc) is 3.13. The molecule has 0 bridgehead atoms. The van der Waals surface area contributed by atoms with Gasteiger partial charge in [0, 0.05) is 23.5 Å². The number of phenolic OH excluding ortho intramolecular Hbond substituents is 1. The second-order valence-electron chi connectivity index (χ2n) is 7.27. The van der Waals surface area contributed by atoms with E-state index in [1.54, 1.807) is 35.0 Å². The summed E-state index contributed by atoms with van der Waals surface area (Å²) in [7, 11) is 0. The Balaban J connectivity index is 1.77. The molecule has 1 amide bonds. The molecule has 0 aliphatic carbocycles. The maximum absolute atomic E-state index is 13.5. The van der Waals surface area contributed by atoms with Crippen LogP contribution in [0.3, 0.4) is 0 Å². The van der Waals surface area contributed by atoms with Gasteiger partial charge in [-0.2, -0.15) is 5.10 Å². The number of phenols is 1. The molecule has 2 heterocycles. The van der Waals surface area contributed by atoms with E-state index in [9.17, 15) is 14.3 Å². The minimum Gasteiger partial charge on any atom is -0.508 e. The quantitative estimate of drug-likeness (QED) is 0.517. The highest BCUT2D eigenvalue weighted by Gasteiger charge is 2.34. The molecule has 1 atom stereocenters. The predicted molar refractivity (Wildman–Crippen MR) is 112 cm³/mol. The second-order valence-corrected chi connectivity index (χ2v) is 7.27. The number of anilines is 1. The van der Waals surface area contributed by atoms with Crippen molar-refractivity contribution >= 4 is 11.7 Å². The van der Waals surface area contributed by atoms with Crippen molar-refractivity contribution in [1.82, 2.24) is 9.78 Å². The number of amides is 1. The summed E-state index contributed by atoms with van der Waals surface area (Å²) in [6, 6.07) is 22.7. The van der Waals surface area contributed by atoms with Crippen LogP contribution in [0.5, 0.6) is 5.75 Å². The number of carbonyl (C=O) groups is 1. The van der Waals surface area contributed by atoms with Gasteiger partial charge in [0.1, 0.15) is 17.4 Å². The van der Waals surface area contributed by atoms with E-state index in [2.05, 4.69) is 5.32 Å². The van der Waals surface area contributed by atoms with Gasteiger partial charge in [0.2, 0.25) is 5.91 Å². The van der Waals surface area contributed by atoms with Gasteiger partial charge in [-0.15, -0.1) is 0 Å². The van der Waals surface area contributed by atoms with Crippen LogP contribution in [0.1, 0.15) is 23.5 Å². The predicted octanol–water partition coefficient (Wildman–Crippen LogP) is 4.86. The monoisotopic (exact) mass is 399 g/mol. The Morgan fingerprint density at radius 2 is 1.77 bits per heavy atom. The summed E-state index contributed by atoms with van der Waals surface area (Å²) in [5.74, 6) is -0.0500. The number of hydrogen-bond donors (Lipinski definition) is 2. The lowest BCUT2D eigenvalue weighted by molar-refractivity contribution is -0.116. The SMILES string of the molecule is O=C1CC(c2cccc(O)c2)c2c(-c3ccccc3)nn(-c3ccc(F)cc3)c2N1. The molecule has 0 spiro atoms. The molecule has 0 saturated carbocycles. The van der Waals surface area contributed by atoms with Crippen LogP contribution in [0.4, 0.5) is 10.2 Å². The first kappa shape index (κ1) is 18.1. The lowest BCUT2D eigenvalue weighted by Crippen LogP contribution is -2.24. The van der Waals surface area contributed by atoms with Crippen molar-refractivity contribution in [3.63, 3.8) is 0 Å². The summed E-state index contributed by atoms with van der Waals surface area (Å²) in [4.78, 5) is 12.6. The molecule has 6 heteroatoms. The first-order valence-electron chi connectivity index (χ1n) is 9.63. The lowest BCUT2D eigenvalue weighted by Gasteiger charge is -2.25. The number of halogens is 1. The van der Waals surface area contributed by atoms with Crippen LogP contribution in [0.2, 0.25) is 0 Å². The van der Waals surface area contributed by atoms with Crippen molar-refractivity contribution in [1.29, 1.82) is 0 Å². The molecule has 5 rings (SSSR count). The van der Waals surface area contributed by atoms with E-state index in [-0.39, 0.29) is 29.8 Å². The highest BCUT2D eigenvalue weighted by Crippen LogP contribution is 2.44. The van der Waals surface area contributed by atoms with Crippen LogP contribution in [0, 0.1) is 5.82 Å². The van der Waals surface area contributed by atoms with Crippen molar-refractivity contribution < 1.29 is 14.3 Å². The van der Waals surface area contributed by atoms with Crippen LogP contribution in [0.15, 0.2) is 78.9 Å². The minimum absolute atomic E-state index is 0.140. The van der Waals surface area contributed by atoms with Gasteiger partial charge < -0.3 is 10.4 Å². The normalized spacial score (nSPS) is 15.5. The maximum atomic E-state index is 13.5. The smallest absolute Gasteiger partial charge is 0.226 e. The summed E-state index contributed by atoms with van der Waals surface area (Å²) in [6.07, 6.45) is 0.241. The molecule has 4 aromatic rings. The standard InChI is InChI=1S/C24H18FN3O2/c25-17-9-11-18(12-10-17)28-24-22(23(27-28)15-5-2-1-3-6-15)20(14-21(30)26-24)16-7-4-8-19(29)13-16/h1-13,20,29H,14H2,(H,26,30). The highest BCUT2D eigenvalue weighted by atomic mass is 19.1. The van der Waals surface area contributed by atoms with Crippen molar-refractivity contribution in [2.45, 2.75) is 12.3 Å². The Labute approximate surface area is 172 Å². The van der Waals surface area contributed by atoms with Crippen molar-refractivity contribution in [2.75, 3.05) is 5.32 Å². The highest BCUT2D eigenvalue weighted by molar-refractivity contribution is 5.96. The zero-order chi connectivity index (χ0) is 20.7. The topological polar surface area (TPSA) is 67.1 Å². The average molecular weight is 399 g/mol. The number of nitrogens with zero attached hydrogens (tertiary/aromatic N) is 2. The number of hydrogen-bond acceptors (Lipinski definition) is 3. The molecule has 1 unspecified atom stereocenters. The van der Waals surface area contributed by atoms with Gasteiger partial charge in [-0.1, -0.05) is 42.5 Å². The van der Waals surface area contributed by atoms with Crippen molar-refractivity contribution in [3.8, 4) is 22.7 Å². The largest absolute Gasteiger partial charge is 0.508 e. The Morgan fingerprint density at radius 3 is 2.50 bits per heavy atom. The van der Waals surface area contributed by atoms with E-state index in [1.165, 1.54) is 12.1 Å². The van der Waals surface area contributed by atoms with Gasteiger partial charge >= 0.3 is 0 Å². The van der Waals surface area contributed by atoms with E-state index in [1.807, 2.05) is 36.4 Å². The lowest BCUT2D eigenvalue weighted by atomic mass is 9.84. The molecule has 2 N–H and O–H groups in total. The van der Waals surface area contributed by atoms with Crippen LogP contribution in [-0.4, -0.2) is 20.8 Å². The number of rotatable bonds is 3. The second kappa shape index (κ2) is 7.15. The fraction of sp³-hybridized carbons (Fsp3) is 0.0833. The number of nitrogens with one attached hydrogen (secondary N) is 1. The number of aromatic hydroxyl groups is 1.